The Morgan fingerprint density at radius 1 is 1.33 bits per heavy atom. The van der Waals surface area contributed by atoms with Gasteiger partial charge in [-0.2, -0.15) is 4.31 Å². The number of aliphatic hydroxyl groups is 1. The largest absolute Gasteiger partial charge is 0.392 e. The van der Waals surface area contributed by atoms with E-state index in [4.69, 9.17) is 11.6 Å². The normalized spacial score (nSPS) is 21.8. The predicted octanol–water partition coefficient (Wildman–Crippen LogP) is 1.71. The summed E-state index contributed by atoms with van der Waals surface area (Å²) in [5.74, 6) is 0. The van der Waals surface area contributed by atoms with Crippen LogP contribution >= 0.6 is 11.6 Å². The summed E-state index contributed by atoms with van der Waals surface area (Å²) >= 11 is 5.74. The minimum absolute atomic E-state index is 0.174. The highest BCUT2D eigenvalue weighted by molar-refractivity contribution is 7.92. The number of hydrogen-bond donors (Lipinski definition) is 1. The van der Waals surface area contributed by atoms with Crippen molar-refractivity contribution < 1.29 is 13.5 Å². The van der Waals surface area contributed by atoms with E-state index in [0.717, 1.165) is 11.0 Å². The molecule has 18 heavy (non-hydrogen) atoms. The fourth-order valence-corrected chi connectivity index (χ4v) is 3.13. The molecular weight excluding hydrogens is 274 g/mol. The molecule has 0 aliphatic carbocycles. The summed E-state index contributed by atoms with van der Waals surface area (Å²) in [7, 11) is -3.44. The van der Waals surface area contributed by atoms with Crippen molar-refractivity contribution in [3.63, 3.8) is 0 Å². The van der Waals surface area contributed by atoms with Gasteiger partial charge in [-0.15, -0.1) is 0 Å². The van der Waals surface area contributed by atoms with Crippen molar-refractivity contribution in [3.05, 3.63) is 40.3 Å². The molecule has 0 unspecified atom stereocenters. The predicted molar refractivity (Wildman–Crippen MR) is 71.6 cm³/mol. The zero-order valence-electron chi connectivity index (χ0n) is 9.66. The minimum atomic E-state index is -3.44. The van der Waals surface area contributed by atoms with Crippen molar-refractivity contribution in [3.8, 4) is 0 Å². The van der Waals surface area contributed by atoms with Gasteiger partial charge in [0.1, 0.15) is 0 Å². The summed E-state index contributed by atoms with van der Waals surface area (Å²) in [6.07, 6.45) is 1.47. The van der Waals surface area contributed by atoms with E-state index in [2.05, 4.69) is 0 Å². The highest BCUT2D eigenvalue weighted by Crippen LogP contribution is 2.16. The van der Waals surface area contributed by atoms with E-state index in [9.17, 15) is 13.5 Å². The van der Waals surface area contributed by atoms with E-state index in [0.29, 0.717) is 18.0 Å². The van der Waals surface area contributed by atoms with Crippen LogP contribution in [0.25, 0.3) is 6.08 Å². The Hall–Kier alpha value is -0.880. The van der Waals surface area contributed by atoms with Crippen LogP contribution in [0.4, 0.5) is 0 Å². The highest BCUT2D eigenvalue weighted by atomic mass is 35.5. The second kappa shape index (κ2) is 5.40. The van der Waals surface area contributed by atoms with Crippen molar-refractivity contribution in [1.82, 2.24) is 4.31 Å². The number of sulfonamides is 1. The van der Waals surface area contributed by atoms with Gasteiger partial charge < -0.3 is 5.11 Å². The van der Waals surface area contributed by atoms with Gasteiger partial charge in [-0.1, -0.05) is 23.7 Å². The first kappa shape index (κ1) is 13.5. The summed E-state index contributed by atoms with van der Waals surface area (Å²) in [5, 5.41) is 11.1. The molecule has 1 aromatic carbocycles. The Balaban J connectivity index is 2.10. The van der Waals surface area contributed by atoms with E-state index in [1.54, 1.807) is 24.3 Å². The number of β-amino-alcohol motifs (C(OH)–C–C–N with tert-alkyl or cyclic N) is 1. The molecule has 1 saturated heterocycles. The first-order chi connectivity index (χ1) is 8.47. The molecule has 2 rings (SSSR count). The molecule has 1 fully saturated rings. The second-order valence-electron chi connectivity index (χ2n) is 4.20. The quantitative estimate of drug-likeness (QED) is 0.921. The third-order valence-corrected chi connectivity index (χ3v) is 4.57. The number of hydrogen-bond acceptors (Lipinski definition) is 3. The number of halogens is 1. The van der Waals surface area contributed by atoms with Crippen molar-refractivity contribution in [2.75, 3.05) is 13.1 Å². The molecule has 0 aromatic heterocycles. The lowest BCUT2D eigenvalue weighted by Gasteiger charge is -2.11. The Morgan fingerprint density at radius 3 is 2.56 bits per heavy atom. The summed E-state index contributed by atoms with van der Waals surface area (Å²) in [6.45, 7) is 0.543. The molecule has 1 heterocycles. The Kier molecular flexibility index (Phi) is 4.07. The number of nitrogens with zero attached hydrogens (tertiary/aromatic N) is 1. The molecule has 1 aliphatic rings. The average molecular weight is 288 g/mol. The second-order valence-corrected chi connectivity index (χ2v) is 6.45. The molecule has 0 bridgehead atoms. The molecule has 4 nitrogen and oxygen atoms in total. The first-order valence-electron chi connectivity index (χ1n) is 5.59. The minimum Gasteiger partial charge on any atom is -0.392 e. The van der Waals surface area contributed by atoms with Gasteiger partial charge in [0.15, 0.2) is 0 Å². The monoisotopic (exact) mass is 287 g/mol. The zero-order chi connectivity index (χ0) is 13.2. The number of aliphatic hydroxyl groups excluding tert-OH is 1. The lowest BCUT2D eigenvalue weighted by Crippen LogP contribution is -2.27. The van der Waals surface area contributed by atoms with E-state index in [1.165, 1.54) is 10.4 Å². The van der Waals surface area contributed by atoms with E-state index in [1.807, 2.05) is 0 Å². The topological polar surface area (TPSA) is 57.6 Å². The van der Waals surface area contributed by atoms with Gasteiger partial charge in [-0.3, -0.25) is 0 Å². The molecule has 0 spiro atoms. The number of benzene rings is 1. The van der Waals surface area contributed by atoms with Gasteiger partial charge in [0.2, 0.25) is 10.0 Å². The van der Waals surface area contributed by atoms with Gasteiger partial charge in [0.05, 0.1) is 6.10 Å². The van der Waals surface area contributed by atoms with Crippen LogP contribution in [0.15, 0.2) is 29.7 Å². The Labute approximate surface area is 112 Å². The molecule has 0 radical (unpaired) electrons. The van der Waals surface area contributed by atoms with Gasteiger partial charge in [0, 0.05) is 23.5 Å². The van der Waals surface area contributed by atoms with Crippen LogP contribution < -0.4 is 0 Å². The van der Waals surface area contributed by atoms with Crippen LogP contribution in [-0.2, 0) is 10.0 Å². The standard InChI is InChI=1S/C12H14ClNO3S/c13-11-3-1-10(2-4-11)6-8-18(16,17)14-7-5-12(15)9-14/h1-4,6,8,12,15H,5,7,9H2/b8-6+/t12-/m1/s1. The lowest BCUT2D eigenvalue weighted by atomic mass is 10.2. The maximum Gasteiger partial charge on any atom is 0.236 e. The molecule has 1 aliphatic heterocycles. The Bertz CT molecular complexity index is 539. The molecule has 0 saturated carbocycles. The van der Waals surface area contributed by atoms with E-state index < -0.39 is 16.1 Å². The third kappa shape index (κ3) is 3.32. The SMILES string of the molecule is O=S(=O)(/C=C/c1ccc(Cl)cc1)N1CC[C@@H](O)C1. The van der Waals surface area contributed by atoms with Crippen LogP contribution in [0.5, 0.6) is 0 Å². The average Bonchev–Trinajstić information content (AvgIpc) is 2.76. The fraction of sp³-hybridized carbons (Fsp3) is 0.333. The van der Waals surface area contributed by atoms with E-state index >= 15 is 0 Å². The van der Waals surface area contributed by atoms with E-state index in [-0.39, 0.29) is 6.54 Å². The summed E-state index contributed by atoms with van der Waals surface area (Å²) in [5.41, 5.74) is 0.766. The van der Waals surface area contributed by atoms with Gasteiger partial charge >= 0.3 is 0 Å². The summed E-state index contributed by atoms with van der Waals surface area (Å²) < 4.78 is 25.1. The molecule has 0 amide bonds. The van der Waals surface area contributed by atoms with Crippen molar-refractivity contribution >= 4 is 27.7 Å². The molecule has 6 heteroatoms. The van der Waals surface area contributed by atoms with Crippen LogP contribution in [-0.4, -0.2) is 37.0 Å². The van der Waals surface area contributed by atoms with Crippen molar-refractivity contribution in [2.45, 2.75) is 12.5 Å². The van der Waals surface area contributed by atoms with Crippen molar-refractivity contribution in [1.29, 1.82) is 0 Å². The summed E-state index contributed by atoms with van der Waals surface area (Å²) in [6, 6.07) is 6.89. The van der Waals surface area contributed by atoms with Crippen LogP contribution in [0.2, 0.25) is 5.02 Å². The fourth-order valence-electron chi connectivity index (χ4n) is 1.77. The van der Waals surface area contributed by atoms with Crippen molar-refractivity contribution in [2.24, 2.45) is 0 Å². The molecule has 1 atom stereocenters. The maximum atomic E-state index is 11.9. The van der Waals surface area contributed by atoms with Gasteiger partial charge in [0.25, 0.3) is 0 Å². The van der Waals surface area contributed by atoms with Crippen LogP contribution in [0.3, 0.4) is 0 Å². The number of rotatable bonds is 3. The summed E-state index contributed by atoms with van der Waals surface area (Å²) in [4.78, 5) is 0. The molecule has 1 aromatic rings. The molecular formula is C12H14ClNO3S. The molecule has 1 N–H and O–H groups in total. The maximum absolute atomic E-state index is 11.9. The lowest BCUT2D eigenvalue weighted by molar-refractivity contribution is 0.189. The van der Waals surface area contributed by atoms with Gasteiger partial charge in [-0.25, -0.2) is 8.42 Å². The van der Waals surface area contributed by atoms with Crippen LogP contribution in [0, 0.1) is 0 Å². The third-order valence-electron chi connectivity index (χ3n) is 2.79. The Morgan fingerprint density at radius 2 is 2.00 bits per heavy atom. The van der Waals surface area contributed by atoms with Gasteiger partial charge in [-0.05, 0) is 30.2 Å². The zero-order valence-corrected chi connectivity index (χ0v) is 11.2. The first-order valence-corrected chi connectivity index (χ1v) is 7.47. The van der Waals surface area contributed by atoms with Crippen LogP contribution in [0.1, 0.15) is 12.0 Å². The molecule has 98 valence electrons. The highest BCUT2D eigenvalue weighted by Gasteiger charge is 2.28. The smallest absolute Gasteiger partial charge is 0.236 e.